The molecule has 4 nitrogen and oxygen atoms in total. The number of carbonyl (C=O) groups excluding carboxylic acids is 1. The van der Waals surface area contributed by atoms with Crippen molar-refractivity contribution < 1.29 is 4.79 Å². The van der Waals surface area contributed by atoms with Gasteiger partial charge in [-0.05, 0) is 44.9 Å². The fourth-order valence-corrected chi connectivity index (χ4v) is 2.06. The number of amides is 1. The predicted octanol–water partition coefficient (Wildman–Crippen LogP) is 1.29. The maximum Gasteiger partial charge on any atom is 0.234 e. The molecule has 2 N–H and O–H groups in total. The van der Waals surface area contributed by atoms with Crippen LogP contribution in [-0.2, 0) is 4.79 Å². The van der Waals surface area contributed by atoms with Gasteiger partial charge in [0, 0.05) is 6.54 Å². The van der Waals surface area contributed by atoms with Gasteiger partial charge in [-0.3, -0.25) is 9.69 Å². The molecule has 1 saturated heterocycles. The molecule has 1 amide bonds. The normalized spacial score (nSPS) is 18.7. The van der Waals surface area contributed by atoms with Crippen LogP contribution in [0.25, 0.3) is 0 Å². The first-order valence-corrected chi connectivity index (χ1v) is 6.46. The lowest BCUT2D eigenvalue weighted by Crippen LogP contribution is -2.42. The number of nitrogens with one attached hydrogen (secondary N) is 2. The Kier molecular flexibility index (Phi) is 13.6. The molecule has 1 rings (SSSR count). The van der Waals surface area contributed by atoms with Gasteiger partial charge < -0.3 is 10.6 Å². The zero-order chi connectivity index (χ0) is 11.8. The summed E-state index contributed by atoms with van der Waals surface area (Å²) in [5.74, 6) is 0.781. The van der Waals surface area contributed by atoms with Gasteiger partial charge >= 0.3 is 0 Å². The molecule has 0 spiro atoms. The van der Waals surface area contributed by atoms with Crippen LogP contribution in [0.2, 0.25) is 0 Å². The molecule has 0 saturated carbocycles. The van der Waals surface area contributed by atoms with E-state index in [4.69, 9.17) is 0 Å². The van der Waals surface area contributed by atoms with Crippen molar-refractivity contribution >= 4 is 30.7 Å². The summed E-state index contributed by atoms with van der Waals surface area (Å²) in [6.07, 6.45) is 2.47. The summed E-state index contributed by atoms with van der Waals surface area (Å²) in [6.45, 7) is 9.59. The fraction of sp³-hybridized carbons (Fsp3) is 0.917. The van der Waals surface area contributed by atoms with Gasteiger partial charge in [-0.2, -0.15) is 0 Å². The molecule has 0 aliphatic carbocycles. The molecular formula is C12H27Cl2N3O. The van der Waals surface area contributed by atoms with Crippen LogP contribution in [0.5, 0.6) is 0 Å². The van der Waals surface area contributed by atoms with Gasteiger partial charge in [0.25, 0.3) is 0 Å². The third kappa shape index (κ3) is 8.14. The Morgan fingerprint density at radius 3 is 2.50 bits per heavy atom. The van der Waals surface area contributed by atoms with Gasteiger partial charge in [-0.25, -0.2) is 0 Å². The molecule has 0 bridgehead atoms. The first-order valence-electron chi connectivity index (χ1n) is 6.46. The largest absolute Gasteiger partial charge is 0.355 e. The smallest absolute Gasteiger partial charge is 0.234 e. The standard InChI is InChI=1S/C12H25N3O.2ClH/c1-3-15(4-2)10-12(16)14-9-11-6-5-7-13-8-11;;/h11,13H,3-10H2,1-2H3,(H,14,16);2*1H. The topological polar surface area (TPSA) is 44.4 Å². The lowest BCUT2D eigenvalue weighted by molar-refractivity contribution is -0.122. The number of nitrogens with zero attached hydrogens (tertiary/aromatic N) is 1. The van der Waals surface area contributed by atoms with E-state index in [0.717, 1.165) is 32.7 Å². The van der Waals surface area contributed by atoms with Crippen molar-refractivity contribution in [3.63, 3.8) is 0 Å². The first-order chi connectivity index (χ1) is 7.76. The Hall–Kier alpha value is -0.0300. The van der Waals surface area contributed by atoms with E-state index in [9.17, 15) is 4.79 Å². The highest BCUT2D eigenvalue weighted by atomic mass is 35.5. The van der Waals surface area contributed by atoms with Crippen LogP contribution >= 0.6 is 24.8 Å². The quantitative estimate of drug-likeness (QED) is 0.777. The highest BCUT2D eigenvalue weighted by Crippen LogP contribution is 2.07. The van der Waals surface area contributed by atoms with E-state index >= 15 is 0 Å². The molecule has 1 aliphatic heterocycles. The van der Waals surface area contributed by atoms with Crippen LogP contribution < -0.4 is 10.6 Å². The van der Waals surface area contributed by atoms with Crippen LogP contribution in [0.1, 0.15) is 26.7 Å². The van der Waals surface area contributed by atoms with E-state index < -0.39 is 0 Å². The summed E-state index contributed by atoms with van der Waals surface area (Å²) in [6, 6.07) is 0. The second kappa shape index (κ2) is 12.0. The lowest BCUT2D eigenvalue weighted by atomic mass is 10.00. The highest BCUT2D eigenvalue weighted by Gasteiger charge is 2.14. The maximum atomic E-state index is 11.6. The molecule has 1 unspecified atom stereocenters. The lowest BCUT2D eigenvalue weighted by Gasteiger charge is -2.24. The number of hydrogen-bond acceptors (Lipinski definition) is 3. The molecule has 1 atom stereocenters. The van der Waals surface area contributed by atoms with E-state index in [2.05, 4.69) is 29.4 Å². The molecule has 0 radical (unpaired) electrons. The summed E-state index contributed by atoms with van der Waals surface area (Å²) in [5.41, 5.74) is 0. The van der Waals surface area contributed by atoms with Gasteiger partial charge in [0.1, 0.15) is 0 Å². The van der Waals surface area contributed by atoms with Gasteiger partial charge in [0.15, 0.2) is 0 Å². The number of rotatable bonds is 6. The molecule has 0 aromatic rings. The van der Waals surface area contributed by atoms with Gasteiger partial charge in [-0.1, -0.05) is 13.8 Å². The minimum absolute atomic E-state index is 0. The van der Waals surface area contributed by atoms with E-state index in [1.54, 1.807) is 0 Å². The summed E-state index contributed by atoms with van der Waals surface area (Å²) in [5, 5.41) is 6.39. The van der Waals surface area contributed by atoms with E-state index in [-0.39, 0.29) is 30.7 Å². The summed E-state index contributed by atoms with van der Waals surface area (Å²) < 4.78 is 0. The first kappa shape index (κ1) is 20.3. The Morgan fingerprint density at radius 2 is 2.00 bits per heavy atom. The molecule has 1 fully saturated rings. The summed E-state index contributed by atoms with van der Waals surface area (Å²) in [7, 11) is 0. The molecule has 1 heterocycles. The van der Waals surface area contributed by atoms with E-state index in [0.29, 0.717) is 12.5 Å². The fourth-order valence-electron chi connectivity index (χ4n) is 2.06. The molecule has 0 aromatic heterocycles. The average Bonchev–Trinajstić information content (AvgIpc) is 2.34. The minimum atomic E-state index is 0. The minimum Gasteiger partial charge on any atom is -0.355 e. The summed E-state index contributed by atoms with van der Waals surface area (Å²) >= 11 is 0. The molecular weight excluding hydrogens is 273 g/mol. The zero-order valence-corrected chi connectivity index (χ0v) is 13.0. The number of halogens is 2. The van der Waals surface area contributed by atoms with Crippen molar-refractivity contribution in [3.8, 4) is 0 Å². The van der Waals surface area contributed by atoms with Gasteiger partial charge in [0.2, 0.25) is 5.91 Å². The van der Waals surface area contributed by atoms with Crippen molar-refractivity contribution in [3.05, 3.63) is 0 Å². The van der Waals surface area contributed by atoms with Crippen LogP contribution in [0, 0.1) is 5.92 Å². The van der Waals surface area contributed by atoms with Crippen LogP contribution in [0.4, 0.5) is 0 Å². The van der Waals surface area contributed by atoms with Crippen molar-refractivity contribution in [1.82, 2.24) is 15.5 Å². The molecule has 6 heteroatoms. The van der Waals surface area contributed by atoms with Crippen LogP contribution in [0.15, 0.2) is 0 Å². The van der Waals surface area contributed by atoms with E-state index in [1.165, 1.54) is 12.8 Å². The number of carbonyl (C=O) groups is 1. The SMILES string of the molecule is CCN(CC)CC(=O)NCC1CCCNC1.Cl.Cl. The number of piperidine rings is 1. The van der Waals surface area contributed by atoms with Crippen LogP contribution in [0.3, 0.4) is 0 Å². The summed E-state index contributed by atoms with van der Waals surface area (Å²) in [4.78, 5) is 13.8. The molecule has 18 heavy (non-hydrogen) atoms. The van der Waals surface area contributed by atoms with E-state index in [1.807, 2.05) is 0 Å². The van der Waals surface area contributed by atoms with Crippen LogP contribution in [-0.4, -0.2) is 50.1 Å². The maximum absolute atomic E-state index is 11.6. The second-order valence-electron chi connectivity index (χ2n) is 4.48. The van der Waals surface area contributed by atoms with Crippen molar-refractivity contribution in [2.24, 2.45) is 5.92 Å². The molecule has 1 aliphatic rings. The third-order valence-corrected chi connectivity index (χ3v) is 3.25. The monoisotopic (exact) mass is 299 g/mol. The zero-order valence-electron chi connectivity index (χ0n) is 11.4. The Bertz CT molecular complexity index is 207. The number of hydrogen-bond donors (Lipinski definition) is 2. The van der Waals surface area contributed by atoms with Crippen molar-refractivity contribution in [2.45, 2.75) is 26.7 Å². The average molecular weight is 300 g/mol. The second-order valence-corrected chi connectivity index (χ2v) is 4.48. The number of likely N-dealkylation sites (N-methyl/N-ethyl adjacent to an activating group) is 1. The Balaban J connectivity index is 0. The third-order valence-electron chi connectivity index (χ3n) is 3.25. The molecule has 110 valence electrons. The predicted molar refractivity (Wildman–Crippen MR) is 80.9 cm³/mol. The highest BCUT2D eigenvalue weighted by molar-refractivity contribution is 5.85. The van der Waals surface area contributed by atoms with Gasteiger partial charge in [0.05, 0.1) is 6.54 Å². The van der Waals surface area contributed by atoms with Crippen molar-refractivity contribution in [2.75, 3.05) is 39.3 Å². The van der Waals surface area contributed by atoms with Gasteiger partial charge in [-0.15, -0.1) is 24.8 Å². The van der Waals surface area contributed by atoms with Crippen molar-refractivity contribution in [1.29, 1.82) is 0 Å². The Labute approximate surface area is 123 Å². The Morgan fingerprint density at radius 1 is 1.33 bits per heavy atom. The molecule has 0 aromatic carbocycles.